The summed E-state index contributed by atoms with van der Waals surface area (Å²) in [6.45, 7) is 4.25. The second-order valence-electron chi connectivity index (χ2n) is 5.74. The van der Waals surface area contributed by atoms with Crippen LogP contribution in [0.25, 0.3) is 0 Å². The molecule has 134 valence electrons. The normalized spacial score (nSPS) is 10.1. The molecule has 0 bridgehead atoms. The molecule has 1 N–H and O–H groups in total. The lowest BCUT2D eigenvalue weighted by atomic mass is 10.1. The van der Waals surface area contributed by atoms with Crippen LogP contribution in [-0.4, -0.2) is 19.1 Å². The Morgan fingerprint density at radius 3 is 2.16 bits per heavy atom. The van der Waals surface area contributed by atoms with Crippen molar-refractivity contribution in [3.63, 3.8) is 0 Å². The Bertz CT molecular complexity index is 622. The number of hydrogen-bond acceptors (Lipinski definition) is 2. The molecule has 2 nitrogen and oxygen atoms in total. The Balaban J connectivity index is 0.000000271. The summed E-state index contributed by atoms with van der Waals surface area (Å²) in [6.07, 6.45) is 7.25. The molecule has 0 radical (unpaired) electrons. The predicted molar refractivity (Wildman–Crippen MR) is 113 cm³/mol. The molecule has 0 spiro atoms. The average molecular weight is 356 g/mol. The third-order valence-electron chi connectivity index (χ3n) is 3.80. The minimum Gasteiger partial charge on any atom is -0.497 e. The van der Waals surface area contributed by atoms with Crippen LogP contribution < -0.4 is 10.1 Å². The van der Waals surface area contributed by atoms with E-state index < -0.39 is 0 Å². The van der Waals surface area contributed by atoms with E-state index in [9.17, 15) is 0 Å². The molecule has 3 heteroatoms. The Morgan fingerprint density at radius 1 is 1.04 bits per heavy atom. The number of aryl methyl sites for hydroxylation is 3. The lowest BCUT2D eigenvalue weighted by Gasteiger charge is -1.99. The van der Waals surface area contributed by atoms with Crippen molar-refractivity contribution in [3.8, 4) is 5.75 Å². The van der Waals surface area contributed by atoms with Crippen molar-refractivity contribution in [3.05, 3.63) is 77.4 Å². The summed E-state index contributed by atoms with van der Waals surface area (Å²) in [4.78, 5) is 0.791. The molecule has 25 heavy (non-hydrogen) atoms. The first kappa shape index (κ1) is 20.9. The summed E-state index contributed by atoms with van der Waals surface area (Å²) in [6, 6.07) is 16.8. The quantitative estimate of drug-likeness (QED) is 0.562. The van der Waals surface area contributed by atoms with Crippen molar-refractivity contribution in [2.24, 2.45) is 0 Å². The number of methoxy groups -OCH3 is 1. The van der Waals surface area contributed by atoms with Gasteiger partial charge in [-0.1, -0.05) is 67.2 Å². The molecule has 0 heterocycles. The third-order valence-corrected chi connectivity index (χ3v) is 4.14. The van der Waals surface area contributed by atoms with Gasteiger partial charge in [-0.3, -0.25) is 0 Å². The first-order chi connectivity index (χ1) is 12.1. The van der Waals surface area contributed by atoms with E-state index in [-0.39, 0.29) is 0 Å². The van der Waals surface area contributed by atoms with Crippen molar-refractivity contribution in [2.75, 3.05) is 14.2 Å². The zero-order chi connectivity index (χ0) is 18.5. The molecule has 2 aromatic rings. The maximum atomic E-state index is 5.01. The van der Waals surface area contributed by atoms with Gasteiger partial charge in [-0.25, -0.2) is 0 Å². The molecular formula is C22H29NOS. The summed E-state index contributed by atoms with van der Waals surface area (Å²) < 4.78 is 5.01. The summed E-state index contributed by atoms with van der Waals surface area (Å²) in [5.74, 6) is 0.928. The van der Waals surface area contributed by atoms with Crippen molar-refractivity contribution in [1.29, 1.82) is 0 Å². The number of ether oxygens (including phenoxy) is 1. The summed E-state index contributed by atoms with van der Waals surface area (Å²) in [5, 5.41) is 2.92. The Morgan fingerprint density at radius 2 is 1.64 bits per heavy atom. The van der Waals surface area contributed by atoms with Crippen LogP contribution >= 0.6 is 12.2 Å². The molecule has 0 aliphatic heterocycles. The van der Waals surface area contributed by atoms with E-state index in [2.05, 4.69) is 61.6 Å². The van der Waals surface area contributed by atoms with E-state index in [0.717, 1.165) is 30.0 Å². The average Bonchev–Trinajstić information content (AvgIpc) is 2.67. The first-order valence-corrected chi connectivity index (χ1v) is 9.06. The molecule has 0 aliphatic rings. The van der Waals surface area contributed by atoms with Crippen molar-refractivity contribution in [1.82, 2.24) is 5.32 Å². The summed E-state index contributed by atoms with van der Waals surface area (Å²) in [7, 11) is 3.52. The van der Waals surface area contributed by atoms with Gasteiger partial charge in [0.1, 0.15) is 5.75 Å². The van der Waals surface area contributed by atoms with E-state index in [1.807, 2.05) is 25.3 Å². The molecule has 2 aromatic carbocycles. The molecule has 2 rings (SSSR count). The topological polar surface area (TPSA) is 21.3 Å². The molecule has 0 unspecified atom stereocenters. The van der Waals surface area contributed by atoms with E-state index >= 15 is 0 Å². The second kappa shape index (κ2) is 12.3. The molecule has 0 fully saturated rings. The Kier molecular flexibility index (Phi) is 10.3. The molecule has 0 saturated carbocycles. The van der Waals surface area contributed by atoms with E-state index in [0.29, 0.717) is 0 Å². The van der Waals surface area contributed by atoms with Gasteiger partial charge in [0.25, 0.3) is 0 Å². The lowest BCUT2D eigenvalue weighted by Crippen LogP contribution is -2.11. The van der Waals surface area contributed by atoms with Crippen LogP contribution in [0, 0.1) is 6.92 Å². The Hall–Kier alpha value is -2.13. The van der Waals surface area contributed by atoms with Gasteiger partial charge in [-0.2, -0.15) is 0 Å². The molecule has 0 amide bonds. The highest BCUT2D eigenvalue weighted by Gasteiger charge is 1.91. The zero-order valence-corrected chi connectivity index (χ0v) is 16.5. The SMILES string of the molecule is CCc1ccc(OC)cc1.CNC(=S)/C=C/CCc1ccc(C)cc1. The molecule has 0 aromatic heterocycles. The van der Waals surface area contributed by atoms with E-state index in [1.165, 1.54) is 16.7 Å². The van der Waals surface area contributed by atoms with Crippen LogP contribution in [0.3, 0.4) is 0 Å². The highest BCUT2D eigenvalue weighted by molar-refractivity contribution is 7.80. The van der Waals surface area contributed by atoms with Gasteiger partial charge >= 0.3 is 0 Å². The highest BCUT2D eigenvalue weighted by Crippen LogP contribution is 2.11. The number of likely N-dealkylation sites (N-methyl/N-ethyl adjacent to an activating group) is 1. The number of benzene rings is 2. The fourth-order valence-corrected chi connectivity index (χ4v) is 2.24. The smallest absolute Gasteiger partial charge is 0.118 e. The molecule has 0 atom stereocenters. The van der Waals surface area contributed by atoms with Gasteiger partial charge in [0, 0.05) is 7.05 Å². The standard InChI is InChI=1S/C13H17NS.C9H12O/c1-11-7-9-12(10-8-11)5-3-4-6-13(15)14-2;1-3-8-4-6-9(10-2)7-5-8/h4,6-10H,3,5H2,1-2H3,(H,14,15);4-7H,3H2,1-2H3/b6-4+;. The lowest BCUT2D eigenvalue weighted by molar-refractivity contribution is 0.414. The van der Waals surface area contributed by atoms with Crippen LogP contribution in [0.1, 0.15) is 30.0 Å². The largest absolute Gasteiger partial charge is 0.497 e. The number of nitrogens with one attached hydrogen (secondary N) is 1. The first-order valence-electron chi connectivity index (χ1n) is 8.65. The van der Waals surface area contributed by atoms with Gasteiger partial charge in [0.15, 0.2) is 0 Å². The maximum absolute atomic E-state index is 5.01. The summed E-state index contributed by atoms with van der Waals surface area (Å²) in [5.41, 5.74) is 4.03. The van der Waals surface area contributed by atoms with Crippen molar-refractivity contribution >= 4 is 17.2 Å². The van der Waals surface area contributed by atoms with Crippen LogP contribution in [0.5, 0.6) is 5.75 Å². The second-order valence-corrected chi connectivity index (χ2v) is 6.18. The predicted octanol–water partition coefficient (Wildman–Crippen LogP) is 5.29. The van der Waals surface area contributed by atoms with Gasteiger partial charge in [0.2, 0.25) is 0 Å². The van der Waals surface area contributed by atoms with Crippen LogP contribution in [0.2, 0.25) is 0 Å². The van der Waals surface area contributed by atoms with E-state index in [4.69, 9.17) is 17.0 Å². The monoisotopic (exact) mass is 355 g/mol. The van der Waals surface area contributed by atoms with Crippen molar-refractivity contribution < 1.29 is 4.74 Å². The molecular weight excluding hydrogens is 326 g/mol. The molecule has 0 saturated heterocycles. The molecule has 0 aliphatic carbocycles. The Labute approximate surface area is 157 Å². The van der Waals surface area contributed by atoms with Crippen LogP contribution in [0.15, 0.2) is 60.7 Å². The number of hydrogen-bond donors (Lipinski definition) is 1. The zero-order valence-electron chi connectivity index (χ0n) is 15.7. The number of allylic oxidation sites excluding steroid dienone is 1. The fourth-order valence-electron chi connectivity index (χ4n) is 2.14. The van der Waals surface area contributed by atoms with Gasteiger partial charge < -0.3 is 10.1 Å². The van der Waals surface area contributed by atoms with Gasteiger partial charge in [-0.15, -0.1) is 0 Å². The number of rotatable bonds is 6. The maximum Gasteiger partial charge on any atom is 0.118 e. The van der Waals surface area contributed by atoms with Crippen molar-refractivity contribution in [2.45, 2.75) is 33.1 Å². The van der Waals surface area contributed by atoms with E-state index in [1.54, 1.807) is 7.11 Å². The van der Waals surface area contributed by atoms with Crippen LogP contribution in [-0.2, 0) is 12.8 Å². The van der Waals surface area contributed by atoms with Crippen LogP contribution in [0.4, 0.5) is 0 Å². The third kappa shape index (κ3) is 9.06. The fraction of sp³-hybridized carbons (Fsp3) is 0.318. The minimum absolute atomic E-state index is 0.791. The summed E-state index contributed by atoms with van der Waals surface area (Å²) >= 11 is 5.00. The number of thiocarbonyl (C=S) groups is 1. The van der Waals surface area contributed by atoms with Gasteiger partial charge in [0.05, 0.1) is 12.1 Å². The van der Waals surface area contributed by atoms with Gasteiger partial charge in [-0.05, 0) is 55.5 Å². The minimum atomic E-state index is 0.791. The highest BCUT2D eigenvalue weighted by atomic mass is 32.1.